The van der Waals surface area contributed by atoms with Crippen LogP contribution in [0.15, 0.2) is 85.5 Å². The molecule has 1 saturated heterocycles. The van der Waals surface area contributed by atoms with Crippen molar-refractivity contribution < 1.29 is 5.11 Å². The molecule has 8 heteroatoms. The Morgan fingerprint density at radius 2 is 1.84 bits per heavy atom. The lowest BCUT2D eigenvalue weighted by Gasteiger charge is -2.29. The molecule has 31 heavy (non-hydrogen) atoms. The minimum atomic E-state index is -0.282. The van der Waals surface area contributed by atoms with Crippen LogP contribution < -0.4 is 10.2 Å². The normalized spacial score (nSPS) is 18.2. The van der Waals surface area contributed by atoms with E-state index >= 15 is 0 Å². The van der Waals surface area contributed by atoms with Gasteiger partial charge in [-0.1, -0.05) is 17.7 Å². The summed E-state index contributed by atoms with van der Waals surface area (Å²) in [5.74, 6) is 0.0993. The summed E-state index contributed by atoms with van der Waals surface area (Å²) in [6.07, 6.45) is 7.27. The molecule has 0 bridgehead atoms. The number of rotatable bonds is 4. The van der Waals surface area contributed by atoms with E-state index in [1.165, 1.54) is 0 Å². The van der Waals surface area contributed by atoms with E-state index in [1.54, 1.807) is 36.8 Å². The first-order valence-corrected chi connectivity index (χ1v) is 10.5. The Balaban J connectivity index is 1.70. The highest BCUT2D eigenvalue weighted by Crippen LogP contribution is 2.45. The molecule has 0 radical (unpaired) electrons. The summed E-state index contributed by atoms with van der Waals surface area (Å²) >= 11 is 12.0. The Morgan fingerprint density at radius 1 is 1.00 bits per heavy atom. The number of phenolic OH excluding ortho intramolecular Hbond substituents is 1. The molecule has 4 heterocycles. The Bertz CT molecular complexity index is 1230. The van der Waals surface area contributed by atoms with Crippen LogP contribution in [0, 0.1) is 0 Å². The standard InChI is InChI=1S/C23H18ClN5OS/c24-15-6-7-20(30)19(14-15)29-22(21(27-23(29)31)17-4-1-2-10-26-17)18-5-3-13-28(18)16-8-11-25-12-9-16/h1-14,21-22,30H,(H,27,31)/t21-,22+/m0/s1. The zero-order chi connectivity index (χ0) is 21.4. The minimum absolute atomic E-state index is 0.0993. The molecular formula is C23H18ClN5OS. The van der Waals surface area contributed by atoms with Gasteiger partial charge in [-0.25, -0.2) is 0 Å². The van der Waals surface area contributed by atoms with Crippen LogP contribution in [0.1, 0.15) is 23.5 Å². The minimum Gasteiger partial charge on any atom is -0.506 e. The second kappa shape index (κ2) is 8.02. The molecule has 6 nitrogen and oxygen atoms in total. The first-order chi connectivity index (χ1) is 15.1. The number of halogens is 1. The Hall–Kier alpha value is -3.42. The average molecular weight is 448 g/mol. The molecule has 2 atom stereocenters. The molecule has 1 aromatic carbocycles. The predicted molar refractivity (Wildman–Crippen MR) is 125 cm³/mol. The van der Waals surface area contributed by atoms with Crippen molar-refractivity contribution in [2.75, 3.05) is 4.90 Å². The lowest BCUT2D eigenvalue weighted by atomic mass is 10.0. The maximum atomic E-state index is 10.7. The molecule has 5 rings (SSSR count). The van der Waals surface area contributed by atoms with Crippen molar-refractivity contribution >= 4 is 34.6 Å². The highest BCUT2D eigenvalue weighted by atomic mass is 35.5. The van der Waals surface area contributed by atoms with E-state index in [4.69, 9.17) is 23.8 Å². The van der Waals surface area contributed by atoms with E-state index in [0.29, 0.717) is 15.8 Å². The molecule has 1 aliphatic heterocycles. The molecule has 154 valence electrons. The summed E-state index contributed by atoms with van der Waals surface area (Å²) in [6.45, 7) is 0. The maximum Gasteiger partial charge on any atom is 0.174 e. The second-order valence-corrected chi connectivity index (χ2v) is 7.96. The van der Waals surface area contributed by atoms with E-state index in [0.717, 1.165) is 17.1 Å². The first-order valence-electron chi connectivity index (χ1n) is 9.70. The van der Waals surface area contributed by atoms with Gasteiger partial charge >= 0.3 is 0 Å². The molecule has 0 spiro atoms. The number of phenols is 1. The third kappa shape index (κ3) is 3.52. The monoisotopic (exact) mass is 447 g/mol. The zero-order valence-corrected chi connectivity index (χ0v) is 17.8. The molecule has 1 fully saturated rings. The summed E-state index contributed by atoms with van der Waals surface area (Å²) in [5, 5.41) is 15.1. The summed E-state index contributed by atoms with van der Waals surface area (Å²) < 4.78 is 2.09. The highest BCUT2D eigenvalue weighted by Gasteiger charge is 2.43. The highest BCUT2D eigenvalue weighted by molar-refractivity contribution is 7.80. The van der Waals surface area contributed by atoms with Crippen LogP contribution in [0.4, 0.5) is 5.69 Å². The largest absolute Gasteiger partial charge is 0.506 e. The summed E-state index contributed by atoms with van der Waals surface area (Å²) in [7, 11) is 0. The zero-order valence-electron chi connectivity index (χ0n) is 16.3. The van der Waals surface area contributed by atoms with E-state index in [2.05, 4.69) is 19.9 Å². The molecular weight excluding hydrogens is 430 g/mol. The number of nitrogens with one attached hydrogen (secondary N) is 1. The maximum absolute atomic E-state index is 10.7. The van der Waals surface area contributed by atoms with E-state index < -0.39 is 0 Å². The van der Waals surface area contributed by atoms with Crippen LogP contribution in [0.2, 0.25) is 5.02 Å². The number of aromatic nitrogens is 3. The number of anilines is 1. The van der Waals surface area contributed by atoms with E-state index in [1.807, 2.05) is 53.6 Å². The van der Waals surface area contributed by atoms with Gasteiger partial charge in [-0.05, 0) is 66.8 Å². The van der Waals surface area contributed by atoms with Gasteiger partial charge in [-0.2, -0.15) is 0 Å². The fraction of sp³-hybridized carbons (Fsp3) is 0.0870. The van der Waals surface area contributed by atoms with Gasteiger partial charge in [0.2, 0.25) is 0 Å². The van der Waals surface area contributed by atoms with E-state index in [-0.39, 0.29) is 17.8 Å². The molecule has 0 amide bonds. The molecule has 4 aromatic rings. The van der Waals surface area contributed by atoms with Gasteiger partial charge in [0.15, 0.2) is 5.11 Å². The third-order valence-corrected chi connectivity index (χ3v) is 5.87. The van der Waals surface area contributed by atoms with Crippen LogP contribution in [-0.2, 0) is 0 Å². The number of pyridine rings is 2. The van der Waals surface area contributed by atoms with Gasteiger partial charge in [-0.15, -0.1) is 0 Å². The third-order valence-electron chi connectivity index (χ3n) is 5.32. The van der Waals surface area contributed by atoms with Gasteiger partial charge < -0.3 is 19.9 Å². The molecule has 0 saturated carbocycles. The number of benzene rings is 1. The van der Waals surface area contributed by atoms with Crippen molar-refractivity contribution in [1.82, 2.24) is 19.9 Å². The SMILES string of the molecule is Oc1ccc(Cl)cc1N1C(=S)N[C@@H](c2ccccn2)[C@H]1c1cccn1-c1ccncc1. The summed E-state index contributed by atoms with van der Waals surface area (Å²) in [6, 6.07) is 18.2. The average Bonchev–Trinajstić information content (AvgIpc) is 3.41. The molecule has 3 aromatic heterocycles. The van der Waals surface area contributed by atoms with Gasteiger partial charge in [0, 0.05) is 41.2 Å². The van der Waals surface area contributed by atoms with Crippen LogP contribution >= 0.6 is 23.8 Å². The van der Waals surface area contributed by atoms with Gasteiger partial charge in [0.1, 0.15) is 11.8 Å². The van der Waals surface area contributed by atoms with Crippen molar-refractivity contribution in [3.8, 4) is 11.4 Å². The van der Waals surface area contributed by atoms with Crippen molar-refractivity contribution in [2.45, 2.75) is 12.1 Å². The fourth-order valence-corrected chi connectivity index (χ4v) is 4.48. The lowest BCUT2D eigenvalue weighted by Crippen LogP contribution is -2.30. The Labute approximate surface area is 189 Å². The van der Waals surface area contributed by atoms with Crippen molar-refractivity contribution in [2.24, 2.45) is 0 Å². The van der Waals surface area contributed by atoms with Gasteiger partial charge in [0.05, 0.1) is 17.4 Å². The molecule has 1 aliphatic rings. The smallest absolute Gasteiger partial charge is 0.174 e. The van der Waals surface area contributed by atoms with Crippen LogP contribution in [0.3, 0.4) is 0 Å². The number of nitrogens with zero attached hydrogens (tertiary/aromatic N) is 4. The topological polar surface area (TPSA) is 66.2 Å². The first kappa shape index (κ1) is 19.5. The Kier molecular flexibility index (Phi) is 5.05. The number of thiocarbonyl (C=S) groups is 1. The van der Waals surface area contributed by atoms with E-state index in [9.17, 15) is 5.11 Å². The lowest BCUT2D eigenvalue weighted by molar-refractivity contribution is 0.472. The number of hydrogen-bond donors (Lipinski definition) is 2. The van der Waals surface area contributed by atoms with Crippen LogP contribution in [0.5, 0.6) is 5.75 Å². The van der Waals surface area contributed by atoms with Crippen molar-refractivity contribution in [1.29, 1.82) is 0 Å². The molecule has 2 N–H and O–H groups in total. The van der Waals surface area contributed by atoms with Crippen molar-refractivity contribution in [3.05, 3.63) is 102 Å². The van der Waals surface area contributed by atoms with Crippen molar-refractivity contribution in [3.63, 3.8) is 0 Å². The van der Waals surface area contributed by atoms with Crippen LogP contribution in [0.25, 0.3) is 5.69 Å². The predicted octanol–water partition coefficient (Wildman–Crippen LogP) is 4.80. The fourth-order valence-electron chi connectivity index (χ4n) is 3.98. The molecule has 0 unspecified atom stereocenters. The quantitative estimate of drug-likeness (QED) is 0.438. The second-order valence-electron chi connectivity index (χ2n) is 7.14. The van der Waals surface area contributed by atoms with Gasteiger partial charge in [-0.3, -0.25) is 9.97 Å². The summed E-state index contributed by atoms with van der Waals surface area (Å²) in [4.78, 5) is 10.6. The number of hydrogen-bond acceptors (Lipinski definition) is 4. The van der Waals surface area contributed by atoms with Gasteiger partial charge in [0.25, 0.3) is 0 Å². The van der Waals surface area contributed by atoms with Crippen LogP contribution in [-0.4, -0.2) is 24.8 Å². The molecule has 0 aliphatic carbocycles. The Morgan fingerprint density at radius 3 is 2.61 bits per heavy atom. The number of aromatic hydroxyl groups is 1. The summed E-state index contributed by atoms with van der Waals surface area (Å²) in [5.41, 5.74) is 3.34.